The molecule has 0 aliphatic rings. The van der Waals surface area contributed by atoms with Gasteiger partial charge in [-0.15, -0.1) is 9.73 Å². The molecular formula is C7H4N6. The van der Waals surface area contributed by atoms with E-state index in [0.717, 1.165) is 10.8 Å². The highest BCUT2D eigenvalue weighted by Crippen LogP contribution is 2.13. The van der Waals surface area contributed by atoms with Crippen LogP contribution in [-0.4, -0.2) is 30.2 Å². The lowest BCUT2D eigenvalue weighted by atomic mass is 10.2. The van der Waals surface area contributed by atoms with Crippen LogP contribution >= 0.6 is 0 Å². The molecule has 3 aromatic heterocycles. The fraction of sp³-hybridized carbons (Fsp3) is 0. The smallest absolute Gasteiger partial charge is 0.209 e. The molecule has 3 rings (SSSR count). The van der Waals surface area contributed by atoms with E-state index in [0.29, 0.717) is 5.65 Å². The van der Waals surface area contributed by atoms with Gasteiger partial charge in [-0.3, -0.25) is 4.98 Å². The van der Waals surface area contributed by atoms with E-state index in [9.17, 15) is 0 Å². The minimum atomic E-state index is 0.630. The molecule has 6 nitrogen and oxygen atoms in total. The Morgan fingerprint density at radius 2 is 2.23 bits per heavy atom. The van der Waals surface area contributed by atoms with Crippen molar-refractivity contribution in [1.29, 1.82) is 0 Å². The fourth-order valence-electron chi connectivity index (χ4n) is 1.24. The quantitative estimate of drug-likeness (QED) is 0.480. The number of rotatable bonds is 0. The molecule has 0 saturated carbocycles. The second-order valence-electron chi connectivity index (χ2n) is 2.60. The monoisotopic (exact) mass is 172 g/mol. The maximum Gasteiger partial charge on any atom is 0.209 e. The number of nitrogens with zero attached hydrogens (tertiary/aromatic N) is 6. The maximum absolute atomic E-state index is 4.02. The minimum Gasteiger partial charge on any atom is -0.264 e. The summed E-state index contributed by atoms with van der Waals surface area (Å²) in [6.07, 6.45) is 5.15. The fourth-order valence-corrected chi connectivity index (χ4v) is 1.24. The summed E-state index contributed by atoms with van der Waals surface area (Å²) in [7, 11) is 0. The van der Waals surface area contributed by atoms with Gasteiger partial charge in [0.2, 0.25) is 5.65 Å². The average Bonchev–Trinajstić information content (AvgIpc) is 2.65. The summed E-state index contributed by atoms with van der Waals surface area (Å²) in [5, 5.41) is 17.0. The van der Waals surface area contributed by atoms with Crippen molar-refractivity contribution in [2.45, 2.75) is 0 Å². The molecule has 0 aliphatic heterocycles. The molecule has 0 saturated heterocycles. The first kappa shape index (κ1) is 6.41. The second kappa shape index (κ2) is 2.19. The van der Waals surface area contributed by atoms with Crippen LogP contribution in [0, 0.1) is 0 Å². The molecule has 62 valence electrons. The third-order valence-electron chi connectivity index (χ3n) is 1.86. The number of aromatic nitrogens is 6. The van der Waals surface area contributed by atoms with Gasteiger partial charge in [-0.1, -0.05) is 0 Å². The first-order valence-electron chi connectivity index (χ1n) is 3.72. The summed E-state index contributed by atoms with van der Waals surface area (Å²) in [5.41, 5.74) is 0.630. The van der Waals surface area contributed by atoms with Gasteiger partial charge in [0.1, 0.15) is 0 Å². The molecule has 0 aliphatic carbocycles. The molecule has 0 amide bonds. The third-order valence-corrected chi connectivity index (χ3v) is 1.86. The molecule has 0 unspecified atom stereocenters. The van der Waals surface area contributed by atoms with Gasteiger partial charge < -0.3 is 0 Å². The van der Waals surface area contributed by atoms with E-state index < -0.39 is 0 Å². The van der Waals surface area contributed by atoms with Crippen LogP contribution < -0.4 is 0 Å². The van der Waals surface area contributed by atoms with Gasteiger partial charge in [0.25, 0.3) is 0 Å². The number of fused-ring (bicyclic) bond motifs is 3. The van der Waals surface area contributed by atoms with Gasteiger partial charge in [0.15, 0.2) is 0 Å². The molecule has 13 heavy (non-hydrogen) atoms. The Bertz CT molecular complexity index is 571. The molecule has 0 radical (unpaired) electrons. The lowest BCUT2D eigenvalue weighted by molar-refractivity contribution is 0.736. The summed E-state index contributed by atoms with van der Waals surface area (Å²) in [6.45, 7) is 0. The highest BCUT2D eigenvalue weighted by atomic mass is 15.6. The van der Waals surface area contributed by atoms with Gasteiger partial charge in [-0.2, -0.15) is 5.10 Å². The molecule has 0 aromatic carbocycles. The van der Waals surface area contributed by atoms with Crippen molar-refractivity contribution >= 4 is 16.4 Å². The number of hydrogen-bond acceptors (Lipinski definition) is 5. The van der Waals surface area contributed by atoms with Gasteiger partial charge in [-0.25, -0.2) is 0 Å². The summed E-state index contributed by atoms with van der Waals surface area (Å²) in [4.78, 5) is 4.01. The van der Waals surface area contributed by atoms with Crippen molar-refractivity contribution in [2.24, 2.45) is 0 Å². The molecule has 0 spiro atoms. The Kier molecular flexibility index (Phi) is 1.08. The van der Waals surface area contributed by atoms with Crippen LogP contribution in [0.4, 0.5) is 0 Å². The molecule has 6 heteroatoms. The molecule has 0 fully saturated rings. The summed E-state index contributed by atoms with van der Waals surface area (Å²) >= 11 is 0. The molecular weight excluding hydrogens is 168 g/mol. The SMILES string of the molecule is c1cc2cnn3nnnc3c2cn1. The van der Waals surface area contributed by atoms with E-state index in [-0.39, 0.29) is 0 Å². The first-order chi connectivity index (χ1) is 6.45. The van der Waals surface area contributed by atoms with E-state index in [1.165, 1.54) is 4.63 Å². The normalized spacial score (nSPS) is 11.1. The maximum atomic E-state index is 4.02. The van der Waals surface area contributed by atoms with E-state index >= 15 is 0 Å². The predicted octanol–water partition coefficient (Wildman–Crippen LogP) is 0.0675. The zero-order valence-electron chi connectivity index (χ0n) is 6.49. The molecule has 3 aromatic rings. The van der Waals surface area contributed by atoms with Gasteiger partial charge in [0.05, 0.1) is 11.6 Å². The number of hydrogen-bond donors (Lipinski definition) is 0. The lowest BCUT2D eigenvalue weighted by Gasteiger charge is -1.94. The minimum absolute atomic E-state index is 0.630. The van der Waals surface area contributed by atoms with Crippen molar-refractivity contribution < 1.29 is 0 Å². The topological polar surface area (TPSA) is 68.9 Å². The third kappa shape index (κ3) is 0.792. The van der Waals surface area contributed by atoms with Crippen molar-refractivity contribution in [3.63, 3.8) is 0 Å². The van der Waals surface area contributed by atoms with E-state index in [1.54, 1.807) is 18.6 Å². The van der Waals surface area contributed by atoms with Crippen LogP contribution in [0.1, 0.15) is 0 Å². The van der Waals surface area contributed by atoms with E-state index in [2.05, 4.69) is 25.6 Å². The highest BCUT2D eigenvalue weighted by molar-refractivity contribution is 5.91. The van der Waals surface area contributed by atoms with E-state index in [1.807, 2.05) is 6.07 Å². The Balaban J connectivity index is 2.65. The van der Waals surface area contributed by atoms with E-state index in [4.69, 9.17) is 0 Å². The lowest BCUT2D eigenvalue weighted by Crippen LogP contribution is -1.93. The molecule has 0 bridgehead atoms. The van der Waals surface area contributed by atoms with Crippen LogP contribution in [0.3, 0.4) is 0 Å². The predicted molar refractivity (Wildman–Crippen MR) is 43.9 cm³/mol. The largest absolute Gasteiger partial charge is 0.264 e. The summed E-state index contributed by atoms with van der Waals surface area (Å²) in [6, 6.07) is 1.87. The van der Waals surface area contributed by atoms with Gasteiger partial charge >= 0.3 is 0 Å². The number of pyridine rings is 1. The first-order valence-corrected chi connectivity index (χ1v) is 3.72. The zero-order chi connectivity index (χ0) is 8.67. The van der Waals surface area contributed by atoms with Crippen molar-refractivity contribution in [3.05, 3.63) is 24.7 Å². The average molecular weight is 172 g/mol. The Hall–Kier alpha value is -2.11. The second-order valence-corrected chi connectivity index (χ2v) is 2.60. The highest BCUT2D eigenvalue weighted by Gasteiger charge is 2.03. The van der Waals surface area contributed by atoms with Crippen LogP contribution in [0.5, 0.6) is 0 Å². The Morgan fingerprint density at radius 3 is 3.23 bits per heavy atom. The Morgan fingerprint density at radius 1 is 1.23 bits per heavy atom. The van der Waals surface area contributed by atoms with Gasteiger partial charge in [-0.05, 0) is 16.5 Å². The summed E-state index contributed by atoms with van der Waals surface area (Å²) < 4.78 is 1.38. The Labute approximate surface area is 72.2 Å². The van der Waals surface area contributed by atoms with Gasteiger partial charge in [0, 0.05) is 17.8 Å². The standard InChI is InChI=1S/C7H4N6/c1-2-8-4-6-5(1)3-9-13-7(6)10-11-12-13/h1-4H. The van der Waals surface area contributed by atoms with Crippen LogP contribution in [0.25, 0.3) is 16.4 Å². The number of tetrazole rings is 1. The van der Waals surface area contributed by atoms with Crippen molar-refractivity contribution in [3.8, 4) is 0 Å². The van der Waals surface area contributed by atoms with Crippen LogP contribution in [-0.2, 0) is 0 Å². The molecule has 0 atom stereocenters. The van der Waals surface area contributed by atoms with Crippen LogP contribution in [0.15, 0.2) is 24.7 Å². The molecule has 3 heterocycles. The zero-order valence-corrected chi connectivity index (χ0v) is 6.49. The summed E-state index contributed by atoms with van der Waals surface area (Å²) in [5.74, 6) is 0. The van der Waals surface area contributed by atoms with Crippen molar-refractivity contribution in [1.82, 2.24) is 30.2 Å². The van der Waals surface area contributed by atoms with Crippen LogP contribution in [0.2, 0.25) is 0 Å². The van der Waals surface area contributed by atoms with Crippen molar-refractivity contribution in [2.75, 3.05) is 0 Å². The molecule has 0 N–H and O–H groups in total.